The van der Waals surface area contributed by atoms with Gasteiger partial charge in [0.15, 0.2) is 0 Å². The number of anilines is 1. The molecule has 2 rings (SSSR count). The van der Waals surface area contributed by atoms with E-state index in [1.54, 1.807) is 19.2 Å². The second kappa shape index (κ2) is 4.00. The van der Waals surface area contributed by atoms with E-state index in [-0.39, 0.29) is 0 Å². The maximum atomic E-state index is 11.1. The van der Waals surface area contributed by atoms with Gasteiger partial charge in [0, 0.05) is 11.1 Å². The number of H-pyrrole nitrogens is 1. The maximum Gasteiger partial charge on any atom is 0.411 e. The average molecular weight is 205 g/mol. The van der Waals surface area contributed by atoms with Crippen LogP contribution in [0.15, 0.2) is 24.4 Å². The summed E-state index contributed by atoms with van der Waals surface area (Å²) in [5.74, 6) is 0. The Morgan fingerprint density at radius 1 is 1.60 bits per heavy atom. The molecule has 0 aliphatic carbocycles. The first-order valence-electron chi connectivity index (χ1n) is 4.66. The van der Waals surface area contributed by atoms with Gasteiger partial charge in [-0.05, 0) is 25.1 Å². The molecule has 0 spiro atoms. The van der Waals surface area contributed by atoms with Crippen LogP contribution in [0.3, 0.4) is 0 Å². The number of nitrogens with one attached hydrogen (secondary N) is 2. The summed E-state index contributed by atoms with van der Waals surface area (Å²) in [7, 11) is 0. The molecular formula is C10H11N3O2. The number of amides is 1. The van der Waals surface area contributed by atoms with Gasteiger partial charge < -0.3 is 4.74 Å². The number of aromatic nitrogens is 2. The summed E-state index contributed by atoms with van der Waals surface area (Å²) in [6.45, 7) is 2.12. The van der Waals surface area contributed by atoms with Crippen molar-refractivity contribution in [2.24, 2.45) is 0 Å². The summed E-state index contributed by atoms with van der Waals surface area (Å²) in [4.78, 5) is 11.1. The van der Waals surface area contributed by atoms with E-state index in [2.05, 4.69) is 15.5 Å². The normalized spacial score (nSPS) is 10.2. The van der Waals surface area contributed by atoms with Crippen LogP contribution in [-0.4, -0.2) is 22.9 Å². The van der Waals surface area contributed by atoms with Gasteiger partial charge >= 0.3 is 6.09 Å². The van der Waals surface area contributed by atoms with Gasteiger partial charge in [0.1, 0.15) is 0 Å². The molecule has 0 atom stereocenters. The minimum Gasteiger partial charge on any atom is -0.450 e. The summed E-state index contributed by atoms with van der Waals surface area (Å²) in [5, 5.41) is 10.3. The number of aromatic amines is 1. The maximum absolute atomic E-state index is 11.1. The molecule has 1 amide bonds. The molecule has 15 heavy (non-hydrogen) atoms. The number of nitrogens with zero attached hydrogens (tertiary/aromatic N) is 1. The van der Waals surface area contributed by atoms with E-state index in [4.69, 9.17) is 4.74 Å². The molecule has 0 saturated heterocycles. The topological polar surface area (TPSA) is 67.0 Å². The molecule has 0 saturated carbocycles. The fourth-order valence-corrected chi connectivity index (χ4v) is 1.31. The number of carbonyl (C=O) groups is 1. The van der Waals surface area contributed by atoms with Crippen LogP contribution in [0.4, 0.5) is 10.5 Å². The summed E-state index contributed by atoms with van der Waals surface area (Å²) in [6.07, 6.45) is 1.26. The lowest BCUT2D eigenvalue weighted by Gasteiger charge is -2.04. The SMILES string of the molecule is CCOC(=O)Nc1ccc2[nH]ncc2c1. The molecule has 2 N–H and O–H groups in total. The largest absolute Gasteiger partial charge is 0.450 e. The van der Waals surface area contributed by atoms with Crippen molar-refractivity contribution >= 4 is 22.7 Å². The number of ether oxygens (including phenoxy) is 1. The highest BCUT2D eigenvalue weighted by molar-refractivity contribution is 5.89. The molecule has 0 unspecified atom stereocenters. The molecule has 5 heteroatoms. The number of rotatable bonds is 2. The molecule has 1 heterocycles. The van der Waals surface area contributed by atoms with Crippen molar-refractivity contribution in [3.63, 3.8) is 0 Å². The van der Waals surface area contributed by atoms with Crippen LogP contribution >= 0.6 is 0 Å². The Morgan fingerprint density at radius 2 is 2.47 bits per heavy atom. The van der Waals surface area contributed by atoms with Gasteiger partial charge in [-0.15, -0.1) is 0 Å². The number of hydrogen-bond donors (Lipinski definition) is 2. The van der Waals surface area contributed by atoms with Gasteiger partial charge in [0.05, 0.1) is 18.3 Å². The molecule has 0 fully saturated rings. The van der Waals surface area contributed by atoms with E-state index in [1.807, 2.05) is 12.1 Å². The highest BCUT2D eigenvalue weighted by Crippen LogP contribution is 2.16. The molecule has 2 aromatic rings. The monoisotopic (exact) mass is 205 g/mol. The Bertz CT molecular complexity index is 478. The summed E-state index contributed by atoms with van der Waals surface area (Å²) in [5.41, 5.74) is 1.63. The third-order valence-corrected chi connectivity index (χ3v) is 1.96. The summed E-state index contributed by atoms with van der Waals surface area (Å²) < 4.78 is 4.77. The first-order valence-corrected chi connectivity index (χ1v) is 4.66. The van der Waals surface area contributed by atoms with Crippen LogP contribution in [0.5, 0.6) is 0 Å². The molecule has 0 radical (unpaired) electrons. The van der Waals surface area contributed by atoms with Gasteiger partial charge in [-0.3, -0.25) is 10.4 Å². The standard InChI is InChI=1S/C10H11N3O2/c1-2-15-10(14)12-8-3-4-9-7(5-8)6-11-13-9/h3-6H,2H2,1H3,(H,11,13)(H,12,14). The highest BCUT2D eigenvalue weighted by Gasteiger charge is 2.02. The Balaban J connectivity index is 2.17. The van der Waals surface area contributed by atoms with Crippen molar-refractivity contribution in [2.45, 2.75) is 6.92 Å². The van der Waals surface area contributed by atoms with Crippen molar-refractivity contribution in [1.82, 2.24) is 10.2 Å². The fraction of sp³-hybridized carbons (Fsp3) is 0.200. The zero-order valence-corrected chi connectivity index (χ0v) is 8.28. The molecule has 1 aromatic carbocycles. The predicted octanol–water partition coefficient (Wildman–Crippen LogP) is 2.13. The van der Waals surface area contributed by atoms with Crippen LogP contribution < -0.4 is 5.32 Å². The lowest BCUT2D eigenvalue weighted by atomic mass is 10.2. The zero-order valence-electron chi connectivity index (χ0n) is 8.28. The van der Waals surface area contributed by atoms with Crippen LogP contribution in [0.1, 0.15) is 6.92 Å². The van der Waals surface area contributed by atoms with Crippen molar-refractivity contribution in [1.29, 1.82) is 0 Å². The van der Waals surface area contributed by atoms with Gasteiger partial charge in [0.2, 0.25) is 0 Å². The van der Waals surface area contributed by atoms with E-state index in [9.17, 15) is 4.79 Å². The van der Waals surface area contributed by atoms with Crippen LogP contribution in [0.25, 0.3) is 10.9 Å². The first kappa shape index (κ1) is 9.51. The second-order valence-corrected chi connectivity index (χ2v) is 3.02. The van der Waals surface area contributed by atoms with Crippen molar-refractivity contribution in [3.8, 4) is 0 Å². The van der Waals surface area contributed by atoms with E-state index in [1.165, 1.54) is 0 Å². The lowest BCUT2D eigenvalue weighted by Crippen LogP contribution is -2.12. The molecule has 0 aliphatic heterocycles. The summed E-state index contributed by atoms with van der Waals surface area (Å²) >= 11 is 0. The van der Waals surface area contributed by atoms with Gasteiger partial charge in [0.25, 0.3) is 0 Å². The lowest BCUT2D eigenvalue weighted by molar-refractivity contribution is 0.168. The van der Waals surface area contributed by atoms with E-state index in [0.29, 0.717) is 12.3 Å². The molecular weight excluding hydrogens is 194 g/mol. The van der Waals surface area contributed by atoms with Crippen molar-refractivity contribution in [2.75, 3.05) is 11.9 Å². The molecule has 78 valence electrons. The Labute approximate surface area is 86.4 Å². The van der Waals surface area contributed by atoms with E-state index >= 15 is 0 Å². The summed E-state index contributed by atoms with van der Waals surface area (Å²) in [6, 6.07) is 5.47. The van der Waals surface area contributed by atoms with Gasteiger partial charge in [-0.25, -0.2) is 4.79 Å². The van der Waals surface area contributed by atoms with Crippen molar-refractivity contribution < 1.29 is 9.53 Å². The highest BCUT2D eigenvalue weighted by atomic mass is 16.5. The third kappa shape index (κ3) is 2.07. The first-order chi connectivity index (χ1) is 7.29. The van der Waals surface area contributed by atoms with E-state index < -0.39 is 6.09 Å². The third-order valence-electron chi connectivity index (χ3n) is 1.96. The number of hydrogen-bond acceptors (Lipinski definition) is 3. The zero-order chi connectivity index (χ0) is 10.7. The minimum absolute atomic E-state index is 0.361. The van der Waals surface area contributed by atoms with Crippen LogP contribution in [-0.2, 0) is 4.74 Å². The quantitative estimate of drug-likeness (QED) is 0.789. The smallest absolute Gasteiger partial charge is 0.411 e. The van der Waals surface area contributed by atoms with Gasteiger partial charge in [-0.1, -0.05) is 0 Å². The molecule has 1 aromatic heterocycles. The van der Waals surface area contributed by atoms with Gasteiger partial charge in [-0.2, -0.15) is 5.10 Å². The average Bonchev–Trinajstić information content (AvgIpc) is 2.65. The second-order valence-electron chi connectivity index (χ2n) is 3.02. The number of benzene rings is 1. The Hall–Kier alpha value is -2.04. The number of carbonyl (C=O) groups excluding carboxylic acids is 1. The van der Waals surface area contributed by atoms with E-state index in [0.717, 1.165) is 10.9 Å². The molecule has 5 nitrogen and oxygen atoms in total. The Morgan fingerprint density at radius 3 is 3.27 bits per heavy atom. The minimum atomic E-state index is -0.444. The molecule has 0 bridgehead atoms. The van der Waals surface area contributed by atoms with Crippen molar-refractivity contribution in [3.05, 3.63) is 24.4 Å². The Kier molecular flexibility index (Phi) is 2.53. The predicted molar refractivity (Wildman–Crippen MR) is 56.7 cm³/mol. The molecule has 0 aliphatic rings. The fourth-order valence-electron chi connectivity index (χ4n) is 1.31. The van der Waals surface area contributed by atoms with Crippen LogP contribution in [0.2, 0.25) is 0 Å². The number of fused-ring (bicyclic) bond motifs is 1. The van der Waals surface area contributed by atoms with Crippen LogP contribution in [0, 0.1) is 0 Å².